The topological polar surface area (TPSA) is 63.8 Å². The van der Waals surface area contributed by atoms with Crippen LogP contribution in [-0.2, 0) is 4.79 Å². The van der Waals surface area contributed by atoms with Crippen LogP contribution in [0, 0.1) is 11.7 Å². The number of ether oxygens (including phenoxy) is 1. The van der Waals surface area contributed by atoms with Gasteiger partial charge in [0.15, 0.2) is 6.61 Å². The van der Waals surface area contributed by atoms with E-state index in [1.54, 1.807) is 0 Å². The van der Waals surface area contributed by atoms with E-state index in [2.05, 4.69) is 17.5 Å². The maximum Gasteiger partial charge on any atom is 0.277 e. The Morgan fingerprint density at radius 2 is 2.13 bits per heavy atom. The number of amides is 1. The van der Waals surface area contributed by atoms with Crippen LogP contribution in [0.3, 0.4) is 0 Å². The molecule has 6 heteroatoms. The fourth-order valence-corrected chi connectivity index (χ4v) is 2.24. The second-order valence-electron chi connectivity index (χ2n) is 5.60. The van der Waals surface area contributed by atoms with Gasteiger partial charge in [0.1, 0.15) is 23.1 Å². The van der Waals surface area contributed by atoms with Crippen molar-refractivity contribution in [3.05, 3.63) is 53.7 Å². The zero-order chi connectivity index (χ0) is 16.2. The molecule has 1 aromatic carbocycles. The van der Waals surface area contributed by atoms with Gasteiger partial charge in [-0.2, -0.15) is 5.10 Å². The Morgan fingerprint density at radius 1 is 1.39 bits per heavy atom. The summed E-state index contributed by atoms with van der Waals surface area (Å²) in [5.74, 6) is 2.40. The summed E-state index contributed by atoms with van der Waals surface area (Å²) in [6, 6.07) is 9.20. The predicted octanol–water partition coefficient (Wildman–Crippen LogP) is 3.07. The smallest absolute Gasteiger partial charge is 0.277 e. The molecule has 5 nitrogen and oxygen atoms in total. The lowest BCUT2D eigenvalue weighted by Gasteiger charge is -2.04. The number of halogens is 1. The van der Waals surface area contributed by atoms with Crippen molar-refractivity contribution < 1.29 is 18.3 Å². The molecule has 120 valence electrons. The monoisotopic (exact) mass is 316 g/mol. The van der Waals surface area contributed by atoms with Gasteiger partial charge in [0.2, 0.25) is 0 Å². The highest BCUT2D eigenvalue weighted by atomic mass is 19.1. The second-order valence-corrected chi connectivity index (χ2v) is 5.60. The first-order chi connectivity index (χ1) is 11.1. The number of carbonyl (C=O) groups excluding carboxylic acids is 1. The Morgan fingerprint density at radius 3 is 2.83 bits per heavy atom. The SMILES string of the molecule is C[C@H]1C[C@@H]1c1ccc(/C=N\NC(=O)COc2ccc(F)cc2)o1. The highest BCUT2D eigenvalue weighted by molar-refractivity contribution is 5.81. The van der Waals surface area contributed by atoms with Crippen molar-refractivity contribution in [1.82, 2.24) is 5.43 Å². The zero-order valence-electron chi connectivity index (χ0n) is 12.7. The quantitative estimate of drug-likeness (QED) is 0.658. The minimum atomic E-state index is -0.409. The Hall–Kier alpha value is -2.63. The lowest BCUT2D eigenvalue weighted by molar-refractivity contribution is -0.123. The normalized spacial score (nSPS) is 19.7. The van der Waals surface area contributed by atoms with Gasteiger partial charge >= 0.3 is 0 Å². The second kappa shape index (κ2) is 6.64. The Balaban J connectivity index is 1.43. The molecular formula is C17H17FN2O3. The highest BCUT2D eigenvalue weighted by Crippen LogP contribution is 2.47. The van der Waals surface area contributed by atoms with Gasteiger partial charge in [-0.05, 0) is 48.7 Å². The van der Waals surface area contributed by atoms with Crippen LogP contribution in [0.4, 0.5) is 4.39 Å². The molecule has 2 atom stereocenters. The van der Waals surface area contributed by atoms with Crippen molar-refractivity contribution in [2.75, 3.05) is 6.61 Å². The van der Waals surface area contributed by atoms with Crippen molar-refractivity contribution in [3.8, 4) is 5.75 Å². The average Bonchev–Trinajstić information content (AvgIpc) is 3.08. The van der Waals surface area contributed by atoms with Crippen molar-refractivity contribution >= 4 is 12.1 Å². The van der Waals surface area contributed by atoms with E-state index >= 15 is 0 Å². The maximum atomic E-state index is 12.7. The van der Waals surface area contributed by atoms with E-state index in [0.717, 1.165) is 12.2 Å². The lowest BCUT2D eigenvalue weighted by Crippen LogP contribution is -2.24. The molecule has 0 aliphatic heterocycles. The van der Waals surface area contributed by atoms with E-state index in [1.807, 2.05) is 12.1 Å². The molecule has 0 bridgehead atoms. The number of nitrogens with zero attached hydrogens (tertiary/aromatic N) is 1. The largest absolute Gasteiger partial charge is 0.484 e. The van der Waals surface area contributed by atoms with E-state index < -0.39 is 5.91 Å². The number of nitrogens with one attached hydrogen (secondary N) is 1. The molecular weight excluding hydrogens is 299 g/mol. The van der Waals surface area contributed by atoms with Crippen LogP contribution in [0.5, 0.6) is 5.75 Å². The van der Waals surface area contributed by atoms with E-state index in [-0.39, 0.29) is 12.4 Å². The van der Waals surface area contributed by atoms with Gasteiger partial charge in [-0.15, -0.1) is 0 Å². The number of hydrazone groups is 1. The molecule has 1 aliphatic rings. The van der Waals surface area contributed by atoms with Gasteiger partial charge < -0.3 is 9.15 Å². The molecule has 23 heavy (non-hydrogen) atoms. The molecule has 1 heterocycles. The van der Waals surface area contributed by atoms with Gasteiger partial charge in [-0.3, -0.25) is 4.79 Å². The van der Waals surface area contributed by atoms with Crippen LogP contribution < -0.4 is 10.2 Å². The van der Waals surface area contributed by atoms with Crippen LogP contribution in [0.15, 0.2) is 45.9 Å². The van der Waals surface area contributed by atoms with Crippen LogP contribution in [-0.4, -0.2) is 18.7 Å². The van der Waals surface area contributed by atoms with E-state index in [1.165, 1.54) is 30.5 Å². The molecule has 0 saturated heterocycles. The zero-order valence-corrected chi connectivity index (χ0v) is 12.7. The summed E-state index contributed by atoms with van der Waals surface area (Å²) in [4.78, 5) is 11.6. The first-order valence-electron chi connectivity index (χ1n) is 7.42. The van der Waals surface area contributed by atoms with Crippen LogP contribution >= 0.6 is 0 Å². The lowest BCUT2D eigenvalue weighted by atomic mass is 10.3. The summed E-state index contributed by atoms with van der Waals surface area (Å²) >= 11 is 0. The van der Waals surface area contributed by atoms with Gasteiger partial charge in [0.25, 0.3) is 5.91 Å². The Kier molecular flexibility index (Phi) is 4.41. The molecule has 1 saturated carbocycles. The van der Waals surface area contributed by atoms with E-state index in [4.69, 9.17) is 9.15 Å². The van der Waals surface area contributed by atoms with Crippen molar-refractivity contribution in [1.29, 1.82) is 0 Å². The molecule has 0 radical (unpaired) electrons. The predicted molar refractivity (Wildman–Crippen MR) is 82.9 cm³/mol. The van der Waals surface area contributed by atoms with Crippen LogP contribution in [0.1, 0.15) is 30.8 Å². The Bertz CT molecular complexity index is 709. The Labute approximate surface area is 133 Å². The number of carbonyl (C=O) groups is 1. The van der Waals surface area contributed by atoms with Gasteiger partial charge in [-0.1, -0.05) is 6.92 Å². The van der Waals surface area contributed by atoms with Crippen molar-refractivity contribution in [2.24, 2.45) is 11.0 Å². The van der Waals surface area contributed by atoms with E-state index in [9.17, 15) is 9.18 Å². The fourth-order valence-electron chi connectivity index (χ4n) is 2.24. The average molecular weight is 316 g/mol. The first-order valence-corrected chi connectivity index (χ1v) is 7.42. The van der Waals surface area contributed by atoms with Crippen LogP contribution in [0.2, 0.25) is 0 Å². The van der Waals surface area contributed by atoms with Crippen LogP contribution in [0.25, 0.3) is 0 Å². The summed E-state index contributed by atoms with van der Waals surface area (Å²) in [7, 11) is 0. The minimum absolute atomic E-state index is 0.202. The summed E-state index contributed by atoms with van der Waals surface area (Å²) < 4.78 is 23.6. The van der Waals surface area contributed by atoms with Crippen molar-refractivity contribution in [2.45, 2.75) is 19.3 Å². The standard InChI is InChI=1S/C17H17FN2O3/c1-11-8-15(11)16-7-6-14(23-16)9-19-20-17(21)10-22-13-4-2-12(18)3-5-13/h2-7,9,11,15H,8,10H2,1H3,(H,20,21)/b19-9-/t11-,15-/m0/s1. The molecule has 1 aromatic heterocycles. The third-order valence-electron chi connectivity index (χ3n) is 3.69. The molecule has 1 amide bonds. The third kappa shape index (κ3) is 4.18. The highest BCUT2D eigenvalue weighted by Gasteiger charge is 2.36. The summed E-state index contributed by atoms with van der Waals surface area (Å²) in [5, 5.41) is 3.82. The summed E-state index contributed by atoms with van der Waals surface area (Å²) in [6.07, 6.45) is 2.61. The van der Waals surface area contributed by atoms with Gasteiger partial charge in [0, 0.05) is 5.92 Å². The molecule has 3 rings (SSSR count). The summed E-state index contributed by atoms with van der Waals surface area (Å²) in [5.41, 5.74) is 2.35. The number of hydrogen-bond donors (Lipinski definition) is 1. The van der Waals surface area contributed by atoms with Gasteiger partial charge in [-0.25, -0.2) is 9.82 Å². The number of rotatable bonds is 6. The van der Waals surface area contributed by atoms with Gasteiger partial charge in [0.05, 0.1) is 6.21 Å². The number of benzene rings is 1. The molecule has 0 unspecified atom stereocenters. The molecule has 2 aromatic rings. The molecule has 1 aliphatic carbocycles. The van der Waals surface area contributed by atoms with E-state index in [0.29, 0.717) is 23.3 Å². The fraction of sp³-hybridized carbons (Fsp3) is 0.294. The number of hydrogen-bond acceptors (Lipinski definition) is 4. The van der Waals surface area contributed by atoms with Crippen molar-refractivity contribution in [3.63, 3.8) is 0 Å². The summed E-state index contributed by atoms with van der Waals surface area (Å²) in [6.45, 7) is 1.98. The third-order valence-corrected chi connectivity index (χ3v) is 3.69. The first kappa shape index (κ1) is 15.3. The molecule has 0 spiro atoms. The maximum absolute atomic E-state index is 12.7. The minimum Gasteiger partial charge on any atom is -0.484 e. The molecule has 1 N–H and O–H groups in total. The molecule has 1 fully saturated rings. The number of furan rings is 1.